The van der Waals surface area contributed by atoms with Crippen molar-refractivity contribution in [3.8, 4) is 22.3 Å². The number of hydrogen-bond donors (Lipinski definition) is 0. The van der Waals surface area contributed by atoms with E-state index in [1.807, 2.05) is 0 Å². The molecule has 2 nitrogen and oxygen atoms in total. The molecule has 10 aromatic rings. The van der Waals surface area contributed by atoms with Crippen molar-refractivity contribution in [3.63, 3.8) is 0 Å². The lowest BCUT2D eigenvalue weighted by Crippen LogP contribution is -2.38. The van der Waals surface area contributed by atoms with E-state index < -0.39 is 0 Å². The summed E-state index contributed by atoms with van der Waals surface area (Å²) in [5.41, 5.74) is 25.6. The van der Waals surface area contributed by atoms with Gasteiger partial charge in [-0.25, -0.2) is 0 Å². The average Bonchev–Trinajstić information content (AvgIpc) is 3.39. The fourth-order valence-electron chi connectivity index (χ4n) is 13.4. The van der Waals surface area contributed by atoms with E-state index in [2.05, 4.69) is 271 Å². The van der Waals surface area contributed by atoms with E-state index in [0.717, 1.165) is 0 Å². The zero-order chi connectivity index (χ0) is 49.1. The average molecular weight is 927 g/mol. The minimum atomic E-state index is -0.167. The van der Waals surface area contributed by atoms with Gasteiger partial charge in [0.05, 0.1) is 34.1 Å². The van der Waals surface area contributed by atoms with Gasteiger partial charge in [-0.1, -0.05) is 189 Å². The molecule has 0 amide bonds. The maximum Gasteiger partial charge on any atom is 0.0544 e. The standard InChI is InChI=1S/C70H58N2/c1-67(2)53-17-9-13-21-61(53)71-62-22-14-10-18-54(62)68(3,4)58-40-51(39-57(67)65(58)71)49-33-31-45-35-43(27-29-47(45)37-49)25-26-44-28-30-48-38-50(34-32-46(48)36-44)52-41-59-66-60(42-52)70(7,8)56-20-12-16-24-64(56)72(66)63-23-15-11-19-55(63)69(59,5)6/h9-42H,1-8H3. The van der Waals surface area contributed by atoms with Crippen LogP contribution >= 0.6 is 0 Å². The zero-order valence-electron chi connectivity index (χ0n) is 42.5. The second kappa shape index (κ2) is 14.8. The summed E-state index contributed by atoms with van der Waals surface area (Å²) >= 11 is 0. The molecule has 0 spiro atoms. The molecule has 0 aliphatic carbocycles. The highest BCUT2D eigenvalue weighted by molar-refractivity contribution is 5.98. The Hall–Kier alpha value is -7.94. The van der Waals surface area contributed by atoms with Crippen LogP contribution in [-0.2, 0) is 21.7 Å². The summed E-state index contributed by atoms with van der Waals surface area (Å²) in [6.45, 7) is 19.2. The van der Waals surface area contributed by atoms with Gasteiger partial charge >= 0.3 is 0 Å². The molecule has 4 heterocycles. The largest absolute Gasteiger partial charge is 0.309 e. The Bertz CT molecular complexity index is 3580. The Kier molecular flexibility index (Phi) is 8.82. The van der Waals surface area contributed by atoms with E-state index in [4.69, 9.17) is 0 Å². The lowest BCUT2D eigenvalue weighted by atomic mass is 9.65. The SMILES string of the molecule is CC1(C)c2ccccc2N2c3ccccc3C(C)(C)c3cc(-c4ccc5cc(C=Cc6ccc7cc(-c8cc9c%10c(c8)C(C)(C)c8ccccc8N%10c8ccccc8C9(C)C)ccc7c6)ccc5c4)cc1c32. The Labute approximate surface area is 424 Å². The molecule has 10 aromatic carbocycles. The molecule has 0 saturated heterocycles. The molecule has 0 N–H and O–H groups in total. The predicted molar refractivity (Wildman–Crippen MR) is 306 cm³/mol. The molecular formula is C70H58N2. The van der Waals surface area contributed by atoms with Crippen molar-refractivity contribution in [1.82, 2.24) is 0 Å². The number of para-hydroxylation sites is 4. The smallest absolute Gasteiger partial charge is 0.0544 e. The van der Waals surface area contributed by atoms with Gasteiger partial charge in [-0.3, -0.25) is 0 Å². The maximum atomic E-state index is 2.54. The van der Waals surface area contributed by atoms with Gasteiger partial charge in [0.2, 0.25) is 0 Å². The van der Waals surface area contributed by atoms with Gasteiger partial charge in [0.1, 0.15) is 0 Å². The van der Waals surface area contributed by atoms with Crippen molar-refractivity contribution >= 4 is 67.8 Å². The van der Waals surface area contributed by atoms with Crippen LogP contribution in [0.4, 0.5) is 34.1 Å². The highest BCUT2D eigenvalue weighted by Crippen LogP contribution is 2.62. The van der Waals surface area contributed by atoms with Crippen LogP contribution in [0.5, 0.6) is 0 Å². The van der Waals surface area contributed by atoms with Crippen LogP contribution in [0.3, 0.4) is 0 Å². The van der Waals surface area contributed by atoms with Crippen LogP contribution < -0.4 is 9.80 Å². The first-order valence-electron chi connectivity index (χ1n) is 25.8. The Morgan fingerprint density at radius 1 is 0.264 bits per heavy atom. The van der Waals surface area contributed by atoms with Gasteiger partial charge in [0.25, 0.3) is 0 Å². The second-order valence-electron chi connectivity index (χ2n) is 23.1. The number of fused-ring (bicyclic) bond motifs is 10. The third-order valence-corrected chi connectivity index (χ3v) is 17.5. The molecule has 14 rings (SSSR count). The molecule has 0 fully saturated rings. The fraction of sp³-hybridized carbons (Fsp3) is 0.171. The van der Waals surface area contributed by atoms with Crippen molar-refractivity contribution in [2.24, 2.45) is 0 Å². The van der Waals surface area contributed by atoms with E-state index in [9.17, 15) is 0 Å². The second-order valence-corrected chi connectivity index (χ2v) is 23.1. The van der Waals surface area contributed by atoms with E-state index in [0.29, 0.717) is 0 Å². The summed E-state index contributed by atoms with van der Waals surface area (Å²) in [6.07, 6.45) is 4.51. The first kappa shape index (κ1) is 42.9. The Morgan fingerprint density at radius 2 is 0.542 bits per heavy atom. The van der Waals surface area contributed by atoms with Crippen LogP contribution in [0, 0.1) is 0 Å². The topological polar surface area (TPSA) is 6.48 Å². The van der Waals surface area contributed by atoms with Gasteiger partial charge in [0, 0.05) is 21.7 Å². The van der Waals surface area contributed by atoms with Crippen LogP contribution in [0.2, 0.25) is 0 Å². The van der Waals surface area contributed by atoms with E-state index >= 15 is 0 Å². The van der Waals surface area contributed by atoms with Crippen LogP contribution in [0.25, 0.3) is 56.0 Å². The van der Waals surface area contributed by atoms with Gasteiger partial charge < -0.3 is 9.80 Å². The molecule has 348 valence electrons. The Balaban J connectivity index is 0.774. The molecule has 0 unspecified atom stereocenters. The summed E-state index contributed by atoms with van der Waals surface area (Å²) in [5.74, 6) is 0. The summed E-state index contributed by atoms with van der Waals surface area (Å²) in [6, 6.07) is 73.7. The maximum absolute atomic E-state index is 2.54. The van der Waals surface area contributed by atoms with Gasteiger partial charge in [0.15, 0.2) is 0 Å². The molecule has 0 aromatic heterocycles. The van der Waals surface area contributed by atoms with Gasteiger partial charge in [-0.15, -0.1) is 0 Å². The van der Waals surface area contributed by atoms with Crippen molar-refractivity contribution in [2.75, 3.05) is 9.80 Å². The van der Waals surface area contributed by atoms with Crippen molar-refractivity contribution in [3.05, 3.63) is 250 Å². The fourth-order valence-corrected chi connectivity index (χ4v) is 13.4. The lowest BCUT2D eigenvalue weighted by Gasteiger charge is -2.49. The van der Waals surface area contributed by atoms with Crippen LogP contribution in [0.1, 0.15) is 111 Å². The molecule has 0 bridgehead atoms. The van der Waals surface area contributed by atoms with Gasteiger partial charge in [-0.05, 0) is 172 Å². The van der Waals surface area contributed by atoms with Gasteiger partial charge in [-0.2, -0.15) is 0 Å². The molecule has 2 heteroatoms. The number of nitrogens with zero attached hydrogens (tertiary/aromatic N) is 2. The molecule has 0 saturated carbocycles. The normalized spacial score (nSPS) is 16.7. The number of anilines is 6. The van der Waals surface area contributed by atoms with E-state index in [-0.39, 0.29) is 21.7 Å². The number of benzene rings is 10. The first-order chi connectivity index (χ1) is 34.7. The first-order valence-corrected chi connectivity index (χ1v) is 25.8. The molecule has 72 heavy (non-hydrogen) atoms. The van der Waals surface area contributed by atoms with E-state index in [1.165, 1.54) is 134 Å². The van der Waals surface area contributed by atoms with Crippen molar-refractivity contribution < 1.29 is 0 Å². The van der Waals surface area contributed by atoms with Crippen molar-refractivity contribution in [2.45, 2.75) is 77.0 Å². The molecular weight excluding hydrogens is 869 g/mol. The predicted octanol–water partition coefficient (Wildman–Crippen LogP) is 19.0. The molecule has 4 aliphatic rings. The Morgan fingerprint density at radius 3 is 0.861 bits per heavy atom. The van der Waals surface area contributed by atoms with Crippen LogP contribution in [-0.4, -0.2) is 0 Å². The highest BCUT2D eigenvalue weighted by atomic mass is 15.2. The highest BCUT2D eigenvalue weighted by Gasteiger charge is 2.47. The number of rotatable bonds is 4. The monoisotopic (exact) mass is 926 g/mol. The van der Waals surface area contributed by atoms with E-state index in [1.54, 1.807) is 0 Å². The van der Waals surface area contributed by atoms with Crippen molar-refractivity contribution in [1.29, 1.82) is 0 Å². The molecule has 4 aliphatic heterocycles. The lowest BCUT2D eigenvalue weighted by molar-refractivity contribution is 0.597. The minimum absolute atomic E-state index is 0.167. The third kappa shape index (κ3) is 5.96. The minimum Gasteiger partial charge on any atom is -0.309 e. The third-order valence-electron chi connectivity index (χ3n) is 17.5. The summed E-state index contributed by atoms with van der Waals surface area (Å²) < 4.78 is 0. The molecule has 0 radical (unpaired) electrons. The summed E-state index contributed by atoms with van der Waals surface area (Å²) in [7, 11) is 0. The number of hydrogen-bond acceptors (Lipinski definition) is 2. The van der Waals surface area contributed by atoms with Crippen LogP contribution in [0.15, 0.2) is 194 Å². The summed E-state index contributed by atoms with van der Waals surface area (Å²) in [4.78, 5) is 5.08. The zero-order valence-corrected chi connectivity index (χ0v) is 42.5. The quantitative estimate of drug-likeness (QED) is 0.162. The molecule has 0 atom stereocenters. The summed E-state index contributed by atoms with van der Waals surface area (Å²) in [5, 5.41) is 4.97.